The lowest BCUT2D eigenvalue weighted by molar-refractivity contribution is 0.628. The van der Waals surface area contributed by atoms with Crippen LogP contribution in [0.5, 0.6) is 0 Å². The van der Waals surface area contributed by atoms with E-state index in [1.165, 1.54) is 28.1 Å². The largest absolute Gasteiger partial charge is 0.368 e. The third kappa shape index (κ3) is 2.57. The number of benzene rings is 1. The van der Waals surface area contributed by atoms with Crippen LogP contribution >= 0.6 is 11.3 Å². The van der Waals surface area contributed by atoms with Crippen LogP contribution in [0.2, 0.25) is 0 Å². The monoisotopic (exact) mass is 287 g/mol. The number of hydrogen-bond acceptors (Lipinski definition) is 5. The molecule has 0 unspecified atom stereocenters. The molecule has 0 fully saturated rings. The van der Waals surface area contributed by atoms with Gasteiger partial charge in [0, 0.05) is 11.6 Å². The maximum Gasteiger partial charge on any atom is 0.221 e. The van der Waals surface area contributed by atoms with Gasteiger partial charge in [-0.25, -0.2) is 19.0 Å². The Bertz CT molecular complexity index is 731. The zero-order chi connectivity index (χ0) is 13.9. The summed E-state index contributed by atoms with van der Waals surface area (Å²) >= 11 is 1.48. The molecule has 100 valence electrons. The first-order chi connectivity index (χ1) is 9.72. The maximum absolute atomic E-state index is 12.8. The third-order valence-corrected chi connectivity index (χ3v) is 3.36. The summed E-state index contributed by atoms with van der Waals surface area (Å²) < 4.78 is 14.2. The van der Waals surface area contributed by atoms with E-state index in [0.29, 0.717) is 5.69 Å². The van der Waals surface area contributed by atoms with Crippen molar-refractivity contribution >= 4 is 23.5 Å². The molecule has 3 aromatic rings. The summed E-state index contributed by atoms with van der Waals surface area (Å²) in [7, 11) is 0. The average molecular weight is 287 g/mol. The SMILES string of the molecule is Nc1nc(-c2nccs2)cn1N=Cc1ccc(F)cc1. The van der Waals surface area contributed by atoms with E-state index in [9.17, 15) is 4.39 Å². The number of nitrogens with two attached hydrogens (primary N) is 1. The minimum absolute atomic E-state index is 0.272. The molecule has 3 rings (SSSR count). The maximum atomic E-state index is 12.8. The van der Waals surface area contributed by atoms with E-state index >= 15 is 0 Å². The molecule has 0 amide bonds. The van der Waals surface area contributed by atoms with Crippen molar-refractivity contribution in [1.82, 2.24) is 14.6 Å². The van der Waals surface area contributed by atoms with E-state index in [0.717, 1.165) is 10.6 Å². The molecular formula is C13H10FN5S. The van der Waals surface area contributed by atoms with Crippen LogP contribution < -0.4 is 5.73 Å². The van der Waals surface area contributed by atoms with Gasteiger partial charge in [0.05, 0.1) is 12.4 Å². The van der Waals surface area contributed by atoms with Gasteiger partial charge in [0.15, 0.2) is 0 Å². The predicted octanol–water partition coefficient (Wildman–Crippen LogP) is 2.61. The van der Waals surface area contributed by atoms with Gasteiger partial charge in [0.2, 0.25) is 5.95 Å². The average Bonchev–Trinajstić information content (AvgIpc) is 3.08. The minimum atomic E-state index is -0.282. The van der Waals surface area contributed by atoms with Crippen molar-refractivity contribution in [2.24, 2.45) is 5.10 Å². The number of imidazole rings is 1. The van der Waals surface area contributed by atoms with Gasteiger partial charge in [0.25, 0.3) is 0 Å². The lowest BCUT2D eigenvalue weighted by Gasteiger charge is -1.95. The normalized spacial score (nSPS) is 11.2. The predicted molar refractivity (Wildman–Crippen MR) is 77.1 cm³/mol. The van der Waals surface area contributed by atoms with Crippen molar-refractivity contribution in [2.75, 3.05) is 5.73 Å². The Balaban J connectivity index is 1.86. The Morgan fingerprint density at radius 2 is 2.10 bits per heavy atom. The van der Waals surface area contributed by atoms with Crippen LogP contribution in [-0.2, 0) is 0 Å². The second-order valence-electron chi connectivity index (χ2n) is 3.96. The van der Waals surface area contributed by atoms with E-state index in [2.05, 4.69) is 15.1 Å². The first kappa shape index (κ1) is 12.5. The van der Waals surface area contributed by atoms with Crippen LogP contribution in [0.1, 0.15) is 5.56 Å². The van der Waals surface area contributed by atoms with Crippen molar-refractivity contribution in [2.45, 2.75) is 0 Å². The minimum Gasteiger partial charge on any atom is -0.368 e. The van der Waals surface area contributed by atoms with Crippen molar-refractivity contribution in [3.63, 3.8) is 0 Å². The number of rotatable bonds is 3. The summed E-state index contributed by atoms with van der Waals surface area (Å²) in [6.07, 6.45) is 4.99. The first-order valence-corrected chi connectivity index (χ1v) is 6.65. The molecule has 2 aromatic heterocycles. The summed E-state index contributed by atoms with van der Waals surface area (Å²) in [6, 6.07) is 6.01. The number of aromatic nitrogens is 3. The van der Waals surface area contributed by atoms with Gasteiger partial charge in [-0.15, -0.1) is 11.3 Å². The fourth-order valence-corrected chi connectivity index (χ4v) is 2.20. The quantitative estimate of drug-likeness (QED) is 0.753. The molecule has 0 aliphatic rings. The van der Waals surface area contributed by atoms with E-state index in [4.69, 9.17) is 5.73 Å². The molecule has 2 heterocycles. The molecule has 0 radical (unpaired) electrons. The summed E-state index contributed by atoms with van der Waals surface area (Å²) in [5.74, 6) is -0.0103. The Labute approximate surface area is 118 Å². The molecule has 7 heteroatoms. The number of halogens is 1. The van der Waals surface area contributed by atoms with Gasteiger partial charge >= 0.3 is 0 Å². The van der Waals surface area contributed by atoms with E-state index in [-0.39, 0.29) is 11.8 Å². The zero-order valence-electron chi connectivity index (χ0n) is 10.3. The van der Waals surface area contributed by atoms with Crippen molar-refractivity contribution in [3.05, 3.63) is 53.4 Å². The number of hydrogen-bond donors (Lipinski definition) is 1. The molecule has 2 N–H and O–H groups in total. The Hall–Kier alpha value is -2.54. The molecule has 0 saturated heterocycles. The van der Waals surface area contributed by atoms with Crippen molar-refractivity contribution < 1.29 is 4.39 Å². The molecular weight excluding hydrogens is 277 g/mol. The Morgan fingerprint density at radius 3 is 2.80 bits per heavy atom. The van der Waals surface area contributed by atoms with Crippen LogP contribution in [0.4, 0.5) is 10.3 Å². The van der Waals surface area contributed by atoms with Crippen molar-refractivity contribution in [3.8, 4) is 10.7 Å². The van der Waals surface area contributed by atoms with Crippen LogP contribution in [0.25, 0.3) is 10.7 Å². The standard InChI is InChI=1S/C13H10FN5S/c14-10-3-1-9(2-4-10)7-17-19-8-11(18-13(19)15)12-16-5-6-20-12/h1-8H,(H2,15,18). The van der Waals surface area contributed by atoms with Crippen LogP contribution in [0.15, 0.2) is 47.1 Å². The lowest BCUT2D eigenvalue weighted by Crippen LogP contribution is -1.96. The molecule has 0 spiro atoms. The van der Waals surface area contributed by atoms with E-state index in [1.807, 2.05) is 5.38 Å². The number of nitrogen functional groups attached to an aromatic ring is 1. The van der Waals surface area contributed by atoms with Crippen LogP contribution in [0, 0.1) is 5.82 Å². The second kappa shape index (κ2) is 5.22. The number of thiazole rings is 1. The van der Waals surface area contributed by atoms with E-state index in [1.54, 1.807) is 30.7 Å². The summed E-state index contributed by atoms with van der Waals surface area (Å²) in [5, 5.41) is 6.85. The molecule has 0 atom stereocenters. The van der Waals surface area contributed by atoms with Gasteiger partial charge in [-0.3, -0.25) is 0 Å². The van der Waals surface area contributed by atoms with Gasteiger partial charge in [-0.1, -0.05) is 12.1 Å². The first-order valence-electron chi connectivity index (χ1n) is 5.77. The number of nitrogens with zero attached hydrogens (tertiary/aromatic N) is 4. The summed E-state index contributed by atoms with van der Waals surface area (Å²) in [4.78, 5) is 8.36. The highest BCUT2D eigenvalue weighted by molar-refractivity contribution is 7.13. The van der Waals surface area contributed by atoms with Gasteiger partial charge in [-0.05, 0) is 17.7 Å². The molecule has 0 bridgehead atoms. The highest BCUT2D eigenvalue weighted by atomic mass is 32.1. The molecule has 20 heavy (non-hydrogen) atoms. The fraction of sp³-hybridized carbons (Fsp3) is 0. The Morgan fingerprint density at radius 1 is 1.30 bits per heavy atom. The molecule has 0 saturated carbocycles. The lowest BCUT2D eigenvalue weighted by atomic mass is 10.2. The van der Waals surface area contributed by atoms with Crippen LogP contribution in [-0.4, -0.2) is 20.9 Å². The third-order valence-electron chi connectivity index (χ3n) is 2.57. The highest BCUT2D eigenvalue weighted by Crippen LogP contribution is 2.21. The summed E-state index contributed by atoms with van der Waals surface area (Å²) in [5.41, 5.74) is 7.24. The Kier molecular flexibility index (Phi) is 3.26. The smallest absolute Gasteiger partial charge is 0.221 e. The topological polar surface area (TPSA) is 69.1 Å². The van der Waals surface area contributed by atoms with Gasteiger partial charge in [-0.2, -0.15) is 5.10 Å². The second-order valence-corrected chi connectivity index (χ2v) is 4.86. The zero-order valence-corrected chi connectivity index (χ0v) is 11.1. The molecule has 5 nitrogen and oxygen atoms in total. The number of anilines is 1. The van der Waals surface area contributed by atoms with Crippen molar-refractivity contribution in [1.29, 1.82) is 0 Å². The fourth-order valence-electron chi connectivity index (χ4n) is 1.61. The molecule has 1 aromatic carbocycles. The van der Waals surface area contributed by atoms with Crippen LogP contribution in [0.3, 0.4) is 0 Å². The highest BCUT2D eigenvalue weighted by Gasteiger charge is 2.08. The molecule has 0 aliphatic heterocycles. The van der Waals surface area contributed by atoms with E-state index < -0.39 is 0 Å². The summed E-state index contributed by atoms with van der Waals surface area (Å²) in [6.45, 7) is 0. The molecule has 0 aliphatic carbocycles. The van der Waals surface area contributed by atoms with Gasteiger partial charge < -0.3 is 5.73 Å². The van der Waals surface area contributed by atoms with Gasteiger partial charge in [0.1, 0.15) is 16.5 Å².